The van der Waals surface area contributed by atoms with Gasteiger partial charge in [0, 0.05) is 23.7 Å². The fraction of sp³-hybridized carbons (Fsp3) is 0.238. The van der Waals surface area contributed by atoms with Gasteiger partial charge in [-0.2, -0.15) is 9.78 Å². The predicted octanol–water partition coefficient (Wildman–Crippen LogP) is 3.10. The second-order valence-electron chi connectivity index (χ2n) is 7.05. The van der Waals surface area contributed by atoms with Crippen molar-refractivity contribution in [3.05, 3.63) is 70.7 Å². The lowest BCUT2D eigenvalue weighted by atomic mass is 10.0. The minimum Gasteiger partial charge on any atom is -0.490 e. The molecule has 4 aromatic rings. The first kappa shape index (κ1) is 16.7. The van der Waals surface area contributed by atoms with E-state index in [-0.39, 0.29) is 11.5 Å². The average molecular weight is 373 g/mol. The summed E-state index contributed by atoms with van der Waals surface area (Å²) in [4.78, 5) is 21.4. The molecular formula is C21H19N5O2. The molecule has 1 fully saturated rings. The molecule has 0 bridgehead atoms. The zero-order valence-electron chi connectivity index (χ0n) is 15.7. The highest BCUT2D eigenvalue weighted by atomic mass is 16.5. The molecule has 0 N–H and O–H groups in total. The second-order valence-corrected chi connectivity index (χ2v) is 7.05. The van der Waals surface area contributed by atoms with Gasteiger partial charge < -0.3 is 4.74 Å². The number of aryl methyl sites for hydroxylation is 2. The lowest BCUT2D eigenvalue weighted by molar-refractivity contribution is 0.303. The first-order valence-electron chi connectivity index (χ1n) is 9.27. The van der Waals surface area contributed by atoms with Crippen LogP contribution in [0.4, 0.5) is 0 Å². The lowest BCUT2D eigenvalue weighted by Crippen LogP contribution is -2.25. The highest BCUT2D eigenvalue weighted by Gasteiger charge is 2.24. The van der Waals surface area contributed by atoms with Crippen LogP contribution in [0.3, 0.4) is 0 Å². The summed E-state index contributed by atoms with van der Waals surface area (Å²) in [6.07, 6.45) is 7.40. The van der Waals surface area contributed by atoms with Crippen molar-refractivity contribution in [3.8, 4) is 22.8 Å². The molecular weight excluding hydrogens is 354 g/mol. The maximum atomic E-state index is 13.1. The van der Waals surface area contributed by atoms with E-state index in [2.05, 4.69) is 15.1 Å². The molecule has 7 heteroatoms. The van der Waals surface area contributed by atoms with Crippen LogP contribution in [0.2, 0.25) is 0 Å². The summed E-state index contributed by atoms with van der Waals surface area (Å²) in [7, 11) is 0. The number of fused-ring (bicyclic) bond motifs is 1. The molecule has 3 heterocycles. The lowest BCUT2D eigenvalue weighted by Gasteiger charge is -2.08. The van der Waals surface area contributed by atoms with E-state index in [9.17, 15) is 4.79 Å². The maximum Gasteiger partial charge on any atom is 0.298 e. The van der Waals surface area contributed by atoms with Crippen molar-refractivity contribution < 1.29 is 4.74 Å². The van der Waals surface area contributed by atoms with Crippen molar-refractivity contribution in [3.63, 3.8) is 0 Å². The van der Waals surface area contributed by atoms with Crippen LogP contribution in [0.1, 0.15) is 24.1 Å². The van der Waals surface area contributed by atoms with Gasteiger partial charge in [0.25, 0.3) is 11.5 Å². The van der Waals surface area contributed by atoms with E-state index in [4.69, 9.17) is 4.74 Å². The summed E-state index contributed by atoms with van der Waals surface area (Å²) in [6.45, 7) is 3.96. The van der Waals surface area contributed by atoms with Crippen LogP contribution in [0.5, 0.6) is 5.75 Å². The summed E-state index contributed by atoms with van der Waals surface area (Å²) in [5.74, 6) is 1.12. The molecule has 1 aromatic carbocycles. The van der Waals surface area contributed by atoms with Crippen molar-refractivity contribution in [1.82, 2.24) is 24.1 Å². The van der Waals surface area contributed by atoms with Gasteiger partial charge in [-0.05, 0) is 56.0 Å². The van der Waals surface area contributed by atoms with Crippen molar-refractivity contribution in [2.75, 3.05) is 0 Å². The first-order chi connectivity index (χ1) is 13.6. The van der Waals surface area contributed by atoms with Crippen molar-refractivity contribution in [2.24, 2.45) is 0 Å². The standard InChI is InChI=1S/C21H19N5O2/c1-13-18(15-5-3-6-17(11-15)28-16-7-8-16)14(2)25-12-24-26(20(27)19(13)25)21-22-9-4-10-23-21/h3-6,9-12,16H,7-8H2,1-2H3. The number of hydrogen-bond donors (Lipinski definition) is 0. The summed E-state index contributed by atoms with van der Waals surface area (Å²) in [5, 5.41) is 4.27. The maximum absolute atomic E-state index is 13.1. The van der Waals surface area contributed by atoms with E-state index < -0.39 is 0 Å². The molecule has 1 aliphatic carbocycles. The van der Waals surface area contributed by atoms with E-state index in [0.717, 1.165) is 41.0 Å². The molecule has 1 saturated carbocycles. The van der Waals surface area contributed by atoms with Gasteiger partial charge in [-0.3, -0.25) is 9.20 Å². The number of benzene rings is 1. The van der Waals surface area contributed by atoms with Crippen molar-refractivity contribution in [1.29, 1.82) is 0 Å². The van der Waals surface area contributed by atoms with Gasteiger partial charge in [0.1, 0.15) is 17.6 Å². The molecule has 0 radical (unpaired) electrons. The fourth-order valence-electron chi connectivity index (χ4n) is 3.59. The van der Waals surface area contributed by atoms with Gasteiger partial charge in [-0.25, -0.2) is 9.97 Å². The minimum absolute atomic E-state index is 0.245. The number of nitrogens with zero attached hydrogens (tertiary/aromatic N) is 5. The fourth-order valence-corrected chi connectivity index (χ4v) is 3.59. The average Bonchev–Trinajstić information content (AvgIpc) is 3.48. The Balaban J connectivity index is 1.69. The SMILES string of the molecule is Cc1c(-c2cccc(OC3CC3)c2)c(C)n2cnn(-c3ncccn3)c(=O)c12. The number of ether oxygens (including phenoxy) is 1. The zero-order chi connectivity index (χ0) is 19.3. The molecule has 7 nitrogen and oxygen atoms in total. The number of aromatic nitrogens is 5. The molecule has 1 aliphatic rings. The highest BCUT2D eigenvalue weighted by Crippen LogP contribution is 2.34. The van der Waals surface area contributed by atoms with Gasteiger partial charge in [0.05, 0.1) is 6.10 Å². The number of rotatable bonds is 4. The van der Waals surface area contributed by atoms with E-state index in [1.165, 1.54) is 4.68 Å². The Morgan fingerprint density at radius 1 is 1.11 bits per heavy atom. The van der Waals surface area contributed by atoms with E-state index in [1.807, 2.05) is 42.5 Å². The van der Waals surface area contributed by atoms with Crippen LogP contribution < -0.4 is 10.3 Å². The number of hydrogen-bond acceptors (Lipinski definition) is 5. The summed E-state index contributed by atoms with van der Waals surface area (Å²) >= 11 is 0. The third-order valence-corrected chi connectivity index (χ3v) is 5.06. The largest absolute Gasteiger partial charge is 0.490 e. The van der Waals surface area contributed by atoms with Crippen LogP contribution >= 0.6 is 0 Å². The van der Waals surface area contributed by atoms with Gasteiger partial charge >= 0.3 is 0 Å². The predicted molar refractivity (Wildman–Crippen MR) is 105 cm³/mol. The molecule has 0 aliphatic heterocycles. The van der Waals surface area contributed by atoms with Crippen LogP contribution in [0.25, 0.3) is 22.6 Å². The van der Waals surface area contributed by atoms with Crippen LogP contribution in [0, 0.1) is 13.8 Å². The monoisotopic (exact) mass is 373 g/mol. The quantitative estimate of drug-likeness (QED) is 0.549. The topological polar surface area (TPSA) is 74.3 Å². The smallest absolute Gasteiger partial charge is 0.298 e. The van der Waals surface area contributed by atoms with Gasteiger partial charge in [0.15, 0.2) is 0 Å². The third kappa shape index (κ3) is 2.67. The first-order valence-corrected chi connectivity index (χ1v) is 9.27. The Bertz CT molecular complexity index is 1240. The molecule has 0 amide bonds. The zero-order valence-corrected chi connectivity index (χ0v) is 15.7. The van der Waals surface area contributed by atoms with E-state index >= 15 is 0 Å². The van der Waals surface area contributed by atoms with Crippen molar-refractivity contribution >= 4 is 5.52 Å². The van der Waals surface area contributed by atoms with Gasteiger partial charge in [-0.1, -0.05) is 12.1 Å². The summed E-state index contributed by atoms with van der Waals surface area (Å²) in [6, 6.07) is 9.75. The Kier molecular flexibility index (Phi) is 3.75. The van der Waals surface area contributed by atoms with E-state index in [0.29, 0.717) is 11.6 Å². The minimum atomic E-state index is -0.245. The molecule has 0 spiro atoms. The van der Waals surface area contributed by atoms with Crippen molar-refractivity contribution in [2.45, 2.75) is 32.8 Å². The Morgan fingerprint density at radius 2 is 1.89 bits per heavy atom. The molecule has 0 unspecified atom stereocenters. The van der Waals surface area contributed by atoms with Crippen LogP contribution in [-0.2, 0) is 0 Å². The Morgan fingerprint density at radius 3 is 2.64 bits per heavy atom. The summed E-state index contributed by atoms with van der Waals surface area (Å²) < 4.78 is 9.01. The van der Waals surface area contributed by atoms with Gasteiger partial charge in [-0.15, -0.1) is 0 Å². The van der Waals surface area contributed by atoms with Crippen LogP contribution in [-0.4, -0.2) is 30.3 Å². The summed E-state index contributed by atoms with van der Waals surface area (Å²) in [5.41, 5.74) is 4.24. The molecule has 0 atom stereocenters. The highest BCUT2D eigenvalue weighted by molar-refractivity contribution is 5.79. The molecule has 5 rings (SSSR count). The molecule has 3 aromatic heterocycles. The molecule has 28 heavy (non-hydrogen) atoms. The second kappa shape index (κ2) is 6.30. The Labute approximate surface area is 161 Å². The molecule has 0 saturated heterocycles. The van der Waals surface area contributed by atoms with E-state index in [1.54, 1.807) is 24.8 Å². The van der Waals surface area contributed by atoms with Crippen LogP contribution in [0.15, 0.2) is 53.8 Å². The Hall–Kier alpha value is -3.48. The van der Waals surface area contributed by atoms with Gasteiger partial charge in [0.2, 0.25) is 0 Å². The molecule has 140 valence electrons. The third-order valence-electron chi connectivity index (χ3n) is 5.06. The normalized spacial score (nSPS) is 13.8.